The van der Waals surface area contributed by atoms with Gasteiger partial charge in [0.2, 0.25) is 5.91 Å². The van der Waals surface area contributed by atoms with Crippen LogP contribution in [0.4, 0.5) is 0 Å². The van der Waals surface area contributed by atoms with Crippen molar-refractivity contribution in [1.29, 1.82) is 0 Å². The summed E-state index contributed by atoms with van der Waals surface area (Å²) < 4.78 is 4.75. The molecule has 0 aliphatic rings. The summed E-state index contributed by atoms with van der Waals surface area (Å²) in [7, 11) is 0. The van der Waals surface area contributed by atoms with E-state index in [0.29, 0.717) is 45.4 Å². The third-order valence-corrected chi connectivity index (χ3v) is 1.79. The molecule has 0 aromatic heterocycles. The summed E-state index contributed by atoms with van der Waals surface area (Å²) in [5.74, 6) is -0.224. The van der Waals surface area contributed by atoms with Crippen LogP contribution in [0.2, 0.25) is 0 Å². The smallest absolute Gasteiger partial charge is 0.305 e. The summed E-state index contributed by atoms with van der Waals surface area (Å²) in [5, 5.41) is 2.71. The van der Waals surface area contributed by atoms with Crippen LogP contribution in [-0.4, -0.2) is 31.6 Å². The van der Waals surface area contributed by atoms with Crippen LogP contribution in [-0.2, 0) is 14.3 Å². The molecule has 15 heavy (non-hydrogen) atoms. The van der Waals surface area contributed by atoms with E-state index in [1.165, 1.54) is 0 Å². The van der Waals surface area contributed by atoms with Gasteiger partial charge in [-0.1, -0.05) is 0 Å². The average Bonchev–Trinajstić information content (AvgIpc) is 2.22. The highest BCUT2D eigenvalue weighted by Crippen LogP contribution is 1.92. The minimum Gasteiger partial charge on any atom is -0.466 e. The van der Waals surface area contributed by atoms with E-state index in [-0.39, 0.29) is 11.9 Å². The Morgan fingerprint density at radius 2 is 2.00 bits per heavy atom. The minimum absolute atomic E-state index is 0.00990. The zero-order valence-electron chi connectivity index (χ0n) is 9.25. The van der Waals surface area contributed by atoms with Crippen molar-refractivity contribution in [3.05, 3.63) is 0 Å². The number of amides is 1. The van der Waals surface area contributed by atoms with Gasteiger partial charge in [0.15, 0.2) is 0 Å². The van der Waals surface area contributed by atoms with Crippen LogP contribution in [0.5, 0.6) is 0 Å². The Labute approximate surface area is 90.4 Å². The standard InChI is InChI=1S/C10H20N2O3/c1-2-15-10(14)6-4-8-12-9(13)5-3-7-11/h2-8,11H2,1H3,(H,12,13). The molecule has 0 radical (unpaired) electrons. The van der Waals surface area contributed by atoms with E-state index < -0.39 is 0 Å². The largest absolute Gasteiger partial charge is 0.466 e. The highest BCUT2D eigenvalue weighted by molar-refractivity contribution is 5.75. The fourth-order valence-corrected chi connectivity index (χ4v) is 1.04. The fourth-order valence-electron chi connectivity index (χ4n) is 1.04. The summed E-state index contributed by atoms with van der Waals surface area (Å²) in [6, 6.07) is 0. The quantitative estimate of drug-likeness (QED) is 0.448. The molecule has 0 bridgehead atoms. The molecule has 0 heterocycles. The monoisotopic (exact) mass is 216 g/mol. The Kier molecular flexibility index (Phi) is 8.76. The summed E-state index contributed by atoms with van der Waals surface area (Å²) in [6.45, 7) is 3.21. The van der Waals surface area contributed by atoms with Gasteiger partial charge in [-0.05, 0) is 26.3 Å². The predicted octanol–water partition coefficient (Wildman–Crippen LogP) is 0.185. The van der Waals surface area contributed by atoms with Crippen molar-refractivity contribution < 1.29 is 14.3 Å². The molecule has 0 spiro atoms. The lowest BCUT2D eigenvalue weighted by molar-refractivity contribution is -0.143. The third-order valence-electron chi connectivity index (χ3n) is 1.79. The Morgan fingerprint density at radius 3 is 2.60 bits per heavy atom. The second kappa shape index (κ2) is 9.45. The SMILES string of the molecule is CCOC(=O)CCCNC(=O)CCCN. The summed E-state index contributed by atoms with van der Waals surface area (Å²) in [5.41, 5.74) is 5.26. The Balaban J connectivity index is 3.30. The van der Waals surface area contributed by atoms with Gasteiger partial charge in [0.1, 0.15) is 0 Å². The van der Waals surface area contributed by atoms with Gasteiger partial charge >= 0.3 is 5.97 Å². The van der Waals surface area contributed by atoms with Crippen LogP contribution in [0.15, 0.2) is 0 Å². The summed E-state index contributed by atoms with van der Waals surface area (Å²) in [4.78, 5) is 22.0. The first kappa shape index (κ1) is 13.9. The van der Waals surface area contributed by atoms with Crippen molar-refractivity contribution in [2.45, 2.75) is 32.6 Å². The molecular weight excluding hydrogens is 196 g/mol. The Hall–Kier alpha value is -1.10. The van der Waals surface area contributed by atoms with Crippen LogP contribution < -0.4 is 11.1 Å². The van der Waals surface area contributed by atoms with Gasteiger partial charge in [0.05, 0.1) is 6.61 Å². The number of esters is 1. The van der Waals surface area contributed by atoms with Gasteiger partial charge in [-0.3, -0.25) is 9.59 Å². The number of ether oxygens (including phenoxy) is 1. The molecule has 0 saturated heterocycles. The lowest BCUT2D eigenvalue weighted by Crippen LogP contribution is -2.25. The number of carbonyl (C=O) groups is 2. The van der Waals surface area contributed by atoms with Gasteiger partial charge in [0.25, 0.3) is 0 Å². The molecule has 1 amide bonds. The molecular formula is C10H20N2O3. The van der Waals surface area contributed by atoms with E-state index in [1.54, 1.807) is 6.92 Å². The highest BCUT2D eigenvalue weighted by Gasteiger charge is 2.02. The van der Waals surface area contributed by atoms with E-state index in [1.807, 2.05) is 0 Å². The maximum atomic E-state index is 11.1. The molecule has 0 atom stereocenters. The van der Waals surface area contributed by atoms with E-state index in [2.05, 4.69) is 5.32 Å². The third kappa shape index (κ3) is 9.21. The second-order valence-corrected chi connectivity index (χ2v) is 3.15. The molecule has 88 valence electrons. The minimum atomic E-state index is -0.214. The summed E-state index contributed by atoms with van der Waals surface area (Å²) >= 11 is 0. The van der Waals surface area contributed by atoms with Gasteiger partial charge in [-0.15, -0.1) is 0 Å². The van der Waals surface area contributed by atoms with E-state index >= 15 is 0 Å². The lowest BCUT2D eigenvalue weighted by atomic mass is 10.2. The zero-order valence-corrected chi connectivity index (χ0v) is 9.25. The van der Waals surface area contributed by atoms with Crippen LogP contribution in [0.25, 0.3) is 0 Å². The molecule has 0 fully saturated rings. The highest BCUT2D eigenvalue weighted by atomic mass is 16.5. The molecule has 0 saturated carbocycles. The first-order valence-electron chi connectivity index (χ1n) is 5.33. The van der Waals surface area contributed by atoms with Crippen LogP contribution in [0.3, 0.4) is 0 Å². The van der Waals surface area contributed by atoms with Crippen molar-refractivity contribution in [2.75, 3.05) is 19.7 Å². The number of nitrogens with two attached hydrogens (primary N) is 1. The lowest BCUT2D eigenvalue weighted by Gasteiger charge is -2.04. The fraction of sp³-hybridized carbons (Fsp3) is 0.800. The zero-order chi connectivity index (χ0) is 11.5. The van der Waals surface area contributed by atoms with Crippen molar-refractivity contribution in [3.8, 4) is 0 Å². The molecule has 0 aliphatic heterocycles. The van der Waals surface area contributed by atoms with Crippen LogP contribution in [0, 0.1) is 0 Å². The van der Waals surface area contributed by atoms with E-state index in [0.717, 1.165) is 0 Å². The second-order valence-electron chi connectivity index (χ2n) is 3.15. The summed E-state index contributed by atoms with van der Waals surface area (Å²) in [6.07, 6.45) is 2.12. The first-order chi connectivity index (χ1) is 7.20. The number of hydrogen-bond acceptors (Lipinski definition) is 4. The van der Waals surface area contributed by atoms with Gasteiger partial charge in [-0.25, -0.2) is 0 Å². The average molecular weight is 216 g/mol. The maximum Gasteiger partial charge on any atom is 0.305 e. The normalized spacial score (nSPS) is 9.73. The number of nitrogens with one attached hydrogen (secondary N) is 1. The van der Waals surface area contributed by atoms with Crippen molar-refractivity contribution in [1.82, 2.24) is 5.32 Å². The van der Waals surface area contributed by atoms with Crippen LogP contribution in [0.1, 0.15) is 32.6 Å². The molecule has 5 nitrogen and oxygen atoms in total. The molecule has 0 aliphatic carbocycles. The van der Waals surface area contributed by atoms with Gasteiger partial charge in [0, 0.05) is 19.4 Å². The van der Waals surface area contributed by atoms with Crippen LogP contribution >= 0.6 is 0 Å². The number of carbonyl (C=O) groups excluding carboxylic acids is 2. The molecule has 3 N–H and O–H groups in total. The van der Waals surface area contributed by atoms with Crippen molar-refractivity contribution in [2.24, 2.45) is 5.73 Å². The van der Waals surface area contributed by atoms with Gasteiger partial charge < -0.3 is 15.8 Å². The number of rotatable bonds is 8. The van der Waals surface area contributed by atoms with Crippen molar-refractivity contribution in [3.63, 3.8) is 0 Å². The molecule has 5 heteroatoms. The number of hydrogen-bond donors (Lipinski definition) is 2. The molecule has 0 unspecified atom stereocenters. The van der Waals surface area contributed by atoms with Gasteiger partial charge in [-0.2, -0.15) is 0 Å². The van der Waals surface area contributed by atoms with Crippen molar-refractivity contribution >= 4 is 11.9 Å². The first-order valence-corrected chi connectivity index (χ1v) is 5.33. The predicted molar refractivity (Wildman–Crippen MR) is 57.2 cm³/mol. The molecule has 0 rings (SSSR count). The maximum absolute atomic E-state index is 11.1. The van der Waals surface area contributed by atoms with E-state index in [9.17, 15) is 9.59 Å². The Bertz CT molecular complexity index is 195. The van der Waals surface area contributed by atoms with E-state index in [4.69, 9.17) is 10.5 Å². The Morgan fingerprint density at radius 1 is 1.27 bits per heavy atom. The molecule has 0 aromatic rings. The molecule has 0 aromatic carbocycles. The topological polar surface area (TPSA) is 81.4 Å².